The molecular weight excluding hydrogens is 324 g/mol. The Morgan fingerprint density at radius 2 is 1.46 bits per heavy atom. The first-order valence-electron chi connectivity index (χ1n) is 10.5. The molecular formula is C22H34N2O2. The molecule has 1 aromatic rings. The number of piperidine rings is 1. The number of rotatable bonds is 4. The third-order valence-corrected chi connectivity index (χ3v) is 6.78. The van der Waals surface area contributed by atoms with Crippen molar-refractivity contribution in [3.8, 4) is 11.5 Å². The lowest BCUT2D eigenvalue weighted by Crippen LogP contribution is -2.52. The van der Waals surface area contributed by atoms with Crippen LogP contribution in [0.2, 0.25) is 0 Å². The second-order valence-corrected chi connectivity index (χ2v) is 8.28. The topological polar surface area (TPSA) is 24.9 Å². The third kappa shape index (κ3) is 3.72. The molecule has 0 aromatic heterocycles. The maximum Gasteiger partial charge on any atom is 0.161 e. The van der Waals surface area contributed by atoms with Gasteiger partial charge in [0.2, 0.25) is 0 Å². The second kappa shape index (κ2) is 8.18. The van der Waals surface area contributed by atoms with Crippen molar-refractivity contribution in [2.24, 2.45) is 0 Å². The predicted octanol–water partition coefficient (Wildman–Crippen LogP) is 3.86. The smallest absolute Gasteiger partial charge is 0.161 e. The normalized spacial score (nSPS) is 25.7. The highest BCUT2D eigenvalue weighted by Crippen LogP contribution is 2.35. The number of benzene rings is 1. The van der Waals surface area contributed by atoms with Gasteiger partial charge in [-0.25, -0.2) is 0 Å². The van der Waals surface area contributed by atoms with Crippen molar-refractivity contribution in [2.45, 2.75) is 70.0 Å². The molecule has 1 aromatic carbocycles. The number of likely N-dealkylation sites (tertiary alicyclic amines) is 1. The van der Waals surface area contributed by atoms with Crippen LogP contribution in [-0.4, -0.2) is 55.7 Å². The molecule has 0 N–H and O–H groups in total. The van der Waals surface area contributed by atoms with Crippen LogP contribution in [-0.2, 0) is 13.0 Å². The molecule has 1 aliphatic carbocycles. The van der Waals surface area contributed by atoms with E-state index in [2.05, 4.69) is 21.9 Å². The lowest BCUT2D eigenvalue weighted by molar-refractivity contribution is 0.0517. The zero-order chi connectivity index (χ0) is 17.9. The van der Waals surface area contributed by atoms with Crippen LogP contribution in [0.25, 0.3) is 0 Å². The van der Waals surface area contributed by atoms with Crippen LogP contribution in [0.4, 0.5) is 0 Å². The van der Waals surface area contributed by atoms with Crippen LogP contribution >= 0.6 is 0 Å². The molecule has 1 saturated carbocycles. The zero-order valence-electron chi connectivity index (χ0n) is 16.5. The van der Waals surface area contributed by atoms with Gasteiger partial charge in [-0.1, -0.05) is 19.3 Å². The van der Waals surface area contributed by atoms with E-state index in [0.717, 1.165) is 30.5 Å². The van der Waals surface area contributed by atoms with Crippen molar-refractivity contribution in [2.75, 3.05) is 33.9 Å². The average molecular weight is 359 g/mol. The molecule has 0 spiro atoms. The SMILES string of the molecule is COc1cc2c(cc1OC)CN(C1CCCN(C3CCCCC3)C1)CC2. The summed E-state index contributed by atoms with van der Waals surface area (Å²) in [5.74, 6) is 1.72. The minimum absolute atomic E-state index is 0.715. The molecule has 4 rings (SSSR count). The number of hydrogen-bond acceptors (Lipinski definition) is 4. The first kappa shape index (κ1) is 18.1. The quantitative estimate of drug-likeness (QED) is 0.816. The van der Waals surface area contributed by atoms with Crippen molar-refractivity contribution < 1.29 is 9.47 Å². The van der Waals surface area contributed by atoms with Gasteiger partial charge in [-0.15, -0.1) is 0 Å². The van der Waals surface area contributed by atoms with E-state index in [1.807, 2.05) is 0 Å². The Balaban J connectivity index is 1.44. The molecule has 0 bridgehead atoms. The third-order valence-electron chi connectivity index (χ3n) is 6.78. The van der Waals surface area contributed by atoms with Crippen molar-refractivity contribution in [3.05, 3.63) is 23.3 Å². The Kier molecular flexibility index (Phi) is 5.70. The standard InChI is InChI=1S/C22H34N2O2/c1-25-21-13-17-10-12-24(15-18(17)14-22(21)26-2)20-9-6-11-23(16-20)19-7-4-3-5-8-19/h13-14,19-20H,3-12,15-16H2,1-2H3. The van der Waals surface area contributed by atoms with E-state index in [0.29, 0.717) is 6.04 Å². The van der Waals surface area contributed by atoms with Gasteiger partial charge in [-0.3, -0.25) is 9.80 Å². The van der Waals surface area contributed by atoms with Crippen molar-refractivity contribution in [1.29, 1.82) is 0 Å². The summed E-state index contributed by atoms with van der Waals surface area (Å²) in [6.45, 7) is 4.81. The van der Waals surface area contributed by atoms with Gasteiger partial charge in [0.25, 0.3) is 0 Å². The van der Waals surface area contributed by atoms with Gasteiger partial charge in [0.1, 0.15) is 0 Å². The van der Waals surface area contributed by atoms with E-state index in [9.17, 15) is 0 Å². The van der Waals surface area contributed by atoms with Crippen molar-refractivity contribution >= 4 is 0 Å². The fourth-order valence-corrected chi connectivity index (χ4v) is 5.28. The first-order chi connectivity index (χ1) is 12.8. The van der Waals surface area contributed by atoms with Crippen LogP contribution in [0.1, 0.15) is 56.1 Å². The highest BCUT2D eigenvalue weighted by Gasteiger charge is 2.31. The Morgan fingerprint density at radius 1 is 0.769 bits per heavy atom. The van der Waals surface area contributed by atoms with Gasteiger partial charge in [0, 0.05) is 31.7 Å². The molecule has 26 heavy (non-hydrogen) atoms. The molecule has 4 nitrogen and oxygen atoms in total. The second-order valence-electron chi connectivity index (χ2n) is 8.28. The molecule has 144 valence electrons. The maximum absolute atomic E-state index is 5.53. The fraction of sp³-hybridized carbons (Fsp3) is 0.727. The molecule has 1 saturated heterocycles. The summed E-state index contributed by atoms with van der Waals surface area (Å²) in [6.07, 6.45) is 11.0. The Morgan fingerprint density at radius 3 is 2.19 bits per heavy atom. The van der Waals surface area contributed by atoms with E-state index in [1.165, 1.54) is 75.7 Å². The Bertz CT molecular complexity index is 612. The zero-order valence-corrected chi connectivity index (χ0v) is 16.5. The molecule has 0 amide bonds. The number of nitrogens with zero attached hydrogens (tertiary/aromatic N) is 2. The number of hydrogen-bond donors (Lipinski definition) is 0. The summed E-state index contributed by atoms with van der Waals surface area (Å²) in [6, 6.07) is 5.95. The van der Waals surface area contributed by atoms with E-state index < -0.39 is 0 Å². The minimum Gasteiger partial charge on any atom is -0.493 e. The molecule has 3 aliphatic rings. The molecule has 0 radical (unpaired) electrons. The van der Waals surface area contributed by atoms with Gasteiger partial charge in [-0.05, 0) is 61.9 Å². The lowest BCUT2D eigenvalue weighted by Gasteiger charge is -2.45. The van der Waals surface area contributed by atoms with Gasteiger partial charge >= 0.3 is 0 Å². The highest BCUT2D eigenvalue weighted by molar-refractivity contribution is 5.48. The maximum atomic E-state index is 5.53. The molecule has 1 unspecified atom stereocenters. The van der Waals surface area contributed by atoms with E-state index in [1.54, 1.807) is 14.2 Å². The summed E-state index contributed by atoms with van der Waals surface area (Å²) >= 11 is 0. The van der Waals surface area contributed by atoms with Gasteiger partial charge < -0.3 is 9.47 Å². The molecule has 2 heterocycles. The summed E-state index contributed by atoms with van der Waals surface area (Å²) in [5.41, 5.74) is 2.85. The lowest BCUT2D eigenvalue weighted by atomic mass is 9.91. The van der Waals surface area contributed by atoms with Crippen LogP contribution in [0.5, 0.6) is 11.5 Å². The van der Waals surface area contributed by atoms with Gasteiger partial charge in [0.05, 0.1) is 14.2 Å². The van der Waals surface area contributed by atoms with E-state index in [4.69, 9.17) is 9.47 Å². The monoisotopic (exact) mass is 358 g/mol. The van der Waals surface area contributed by atoms with E-state index in [-0.39, 0.29) is 0 Å². The molecule has 4 heteroatoms. The largest absolute Gasteiger partial charge is 0.493 e. The van der Waals surface area contributed by atoms with Crippen molar-refractivity contribution in [1.82, 2.24) is 9.80 Å². The molecule has 1 atom stereocenters. The van der Waals surface area contributed by atoms with Crippen molar-refractivity contribution in [3.63, 3.8) is 0 Å². The highest BCUT2D eigenvalue weighted by atomic mass is 16.5. The molecule has 2 fully saturated rings. The summed E-state index contributed by atoms with van der Waals surface area (Å²) in [7, 11) is 3.45. The summed E-state index contributed by atoms with van der Waals surface area (Å²) in [5, 5.41) is 0. The first-order valence-corrected chi connectivity index (χ1v) is 10.5. The number of ether oxygens (including phenoxy) is 2. The minimum atomic E-state index is 0.715. The van der Waals surface area contributed by atoms with Crippen LogP contribution < -0.4 is 9.47 Å². The van der Waals surface area contributed by atoms with Crippen LogP contribution in [0.3, 0.4) is 0 Å². The molecule has 2 aliphatic heterocycles. The van der Waals surface area contributed by atoms with Gasteiger partial charge in [-0.2, -0.15) is 0 Å². The number of fused-ring (bicyclic) bond motifs is 1. The van der Waals surface area contributed by atoms with Crippen LogP contribution in [0.15, 0.2) is 12.1 Å². The van der Waals surface area contributed by atoms with Crippen LogP contribution in [0, 0.1) is 0 Å². The summed E-state index contributed by atoms with van der Waals surface area (Å²) < 4.78 is 11.0. The Hall–Kier alpha value is -1.26. The average Bonchev–Trinajstić information content (AvgIpc) is 2.73. The number of methoxy groups -OCH3 is 2. The van der Waals surface area contributed by atoms with Gasteiger partial charge in [0.15, 0.2) is 11.5 Å². The Labute approximate surface area is 158 Å². The fourth-order valence-electron chi connectivity index (χ4n) is 5.28. The summed E-state index contributed by atoms with van der Waals surface area (Å²) in [4.78, 5) is 5.54. The predicted molar refractivity (Wildman–Crippen MR) is 105 cm³/mol. The van der Waals surface area contributed by atoms with E-state index >= 15 is 0 Å².